The van der Waals surface area contributed by atoms with Crippen LogP contribution in [-0.2, 0) is 4.79 Å². The van der Waals surface area contributed by atoms with Crippen molar-refractivity contribution >= 4 is 28.1 Å². The minimum absolute atomic E-state index is 0.116. The number of hydrogen-bond acceptors (Lipinski definition) is 5. The lowest BCUT2D eigenvalue weighted by molar-refractivity contribution is -0.114. The highest BCUT2D eigenvalue weighted by Crippen LogP contribution is 2.33. The first kappa shape index (κ1) is 19.1. The van der Waals surface area contributed by atoms with Crippen LogP contribution in [0.25, 0.3) is 22.0 Å². The summed E-state index contributed by atoms with van der Waals surface area (Å²) >= 11 is 0. The lowest BCUT2D eigenvalue weighted by Gasteiger charge is -2.36. The number of rotatable bonds is 4. The van der Waals surface area contributed by atoms with Crippen molar-refractivity contribution in [1.82, 2.24) is 15.1 Å². The van der Waals surface area contributed by atoms with Gasteiger partial charge in [0.2, 0.25) is 5.91 Å². The van der Waals surface area contributed by atoms with E-state index in [-0.39, 0.29) is 11.5 Å². The van der Waals surface area contributed by atoms with Crippen LogP contribution in [0.1, 0.15) is 13.8 Å². The molecule has 7 heteroatoms. The number of fused-ring (bicyclic) bond motifs is 1. The molecule has 1 aromatic heterocycles. The molecule has 1 fully saturated rings. The number of aromatic nitrogens is 2. The SMILES string of the molecule is CCN1CCN(c2ccc(-c3n[nH]c(=O)c4ccccc34)cc2NC(C)=O)CC1. The second-order valence-electron chi connectivity index (χ2n) is 7.28. The van der Waals surface area contributed by atoms with Crippen molar-refractivity contribution in [1.29, 1.82) is 0 Å². The van der Waals surface area contributed by atoms with E-state index in [1.807, 2.05) is 36.4 Å². The van der Waals surface area contributed by atoms with Gasteiger partial charge in [0.1, 0.15) is 0 Å². The van der Waals surface area contributed by atoms with Gasteiger partial charge in [-0.25, -0.2) is 5.10 Å². The van der Waals surface area contributed by atoms with E-state index in [1.165, 1.54) is 6.92 Å². The monoisotopic (exact) mass is 391 g/mol. The molecule has 29 heavy (non-hydrogen) atoms. The number of aromatic amines is 1. The molecular weight excluding hydrogens is 366 g/mol. The van der Waals surface area contributed by atoms with E-state index in [1.54, 1.807) is 6.07 Å². The summed E-state index contributed by atoms with van der Waals surface area (Å²) in [5, 5.41) is 11.2. The quantitative estimate of drug-likeness (QED) is 0.715. The Bertz CT molecular complexity index is 1100. The molecule has 1 aliphatic rings. The van der Waals surface area contributed by atoms with Crippen molar-refractivity contribution in [2.75, 3.05) is 42.9 Å². The summed E-state index contributed by atoms with van der Waals surface area (Å²) in [6, 6.07) is 13.4. The average Bonchev–Trinajstić information content (AvgIpc) is 2.74. The summed E-state index contributed by atoms with van der Waals surface area (Å²) in [4.78, 5) is 28.7. The normalized spacial score (nSPS) is 14.9. The minimum Gasteiger partial charge on any atom is -0.367 e. The number of H-pyrrole nitrogens is 1. The summed E-state index contributed by atoms with van der Waals surface area (Å²) in [6.45, 7) is 8.58. The second-order valence-corrected chi connectivity index (χ2v) is 7.28. The fraction of sp³-hybridized carbons (Fsp3) is 0.318. The van der Waals surface area contributed by atoms with Crippen LogP contribution in [0.2, 0.25) is 0 Å². The second kappa shape index (κ2) is 8.05. The Hall–Kier alpha value is -3.19. The average molecular weight is 391 g/mol. The van der Waals surface area contributed by atoms with Crippen LogP contribution < -0.4 is 15.8 Å². The molecule has 0 bridgehead atoms. The molecule has 3 aromatic rings. The first-order chi connectivity index (χ1) is 14.1. The predicted octanol–water partition coefficient (Wildman–Crippen LogP) is 2.69. The van der Waals surface area contributed by atoms with Crippen molar-refractivity contribution in [2.24, 2.45) is 0 Å². The fourth-order valence-electron chi connectivity index (χ4n) is 3.89. The largest absolute Gasteiger partial charge is 0.367 e. The van der Waals surface area contributed by atoms with Crippen LogP contribution in [0.4, 0.5) is 11.4 Å². The summed E-state index contributed by atoms with van der Waals surface area (Å²) in [5.41, 5.74) is 3.09. The van der Waals surface area contributed by atoms with E-state index < -0.39 is 0 Å². The number of nitrogens with one attached hydrogen (secondary N) is 2. The lowest BCUT2D eigenvalue weighted by Crippen LogP contribution is -2.46. The first-order valence-electron chi connectivity index (χ1n) is 9.93. The van der Waals surface area contributed by atoms with Crippen LogP contribution in [0.3, 0.4) is 0 Å². The van der Waals surface area contributed by atoms with Gasteiger partial charge in [-0.05, 0) is 24.7 Å². The molecule has 1 saturated heterocycles. The molecule has 7 nitrogen and oxygen atoms in total. The maximum absolute atomic E-state index is 12.1. The Morgan fingerprint density at radius 3 is 2.52 bits per heavy atom. The maximum Gasteiger partial charge on any atom is 0.272 e. The number of nitrogens with zero attached hydrogens (tertiary/aromatic N) is 3. The van der Waals surface area contributed by atoms with Crippen LogP contribution in [0.15, 0.2) is 47.3 Å². The number of likely N-dealkylation sites (N-methyl/N-ethyl adjacent to an activating group) is 1. The molecule has 2 aromatic carbocycles. The van der Waals surface area contributed by atoms with Gasteiger partial charge in [0.15, 0.2) is 0 Å². The number of carbonyl (C=O) groups is 1. The number of amides is 1. The molecule has 0 radical (unpaired) electrons. The van der Waals surface area contributed by atoms with E-state index in [2.05, 4.69) is 32.2 Å². The van der Waals surface area contributed by atoms with E-state index >= 15 is 0 Å². The van der Waals surface area contributed by atoms with Gasteiger partial charge in [0.05, 0.1) is 22.5 Å². The van der Waals surface area contributed by atoms with Gasteiger partial charge in [-0.2, -0.15) is 5.10 Å². The van der Waals surface area contributed by atoms with Crippen LogP contribution in [0, 0.1) is 0 Å². The third-order valence-corrected chi connectivity index (χ3v) is 5.44. The number of piperazine rings is 1. The summed E-state index contributed by atoms with van der Waals surface area (Å²) in [6.07, 6.45) is 0. The third kappa shape index (κ3) is 3.86. The van der Waals surface area contributed by atoms with Crippen molar-refractivity contribution < 1.29 is 4.79 Å². The van der Waals surface area contributed by atoms with Gasteiger partial charge in [-0.15, -0.1) is 0 Å². The van der Waals surface area contributed by atoms with Gasteiger partial charge in [0, 0.05) is 44.1 Å². The molecule has 0 unspecified atom stereocenters. The predicted molar refractivity (Wildman–Crippen MR) is 116 cm³/mol. The van der Waals surface area contributed by atoms with Gasteiger partial charge < -0.3 is 15.1 Å². The highest BCUT2D eigenvalue weighted by Gasteiger charge is 2.20. The van der Waals surface area contributed by atoms with E-state index in [9.17, 15) is 9.59 Å². The molecule has 0 spiro atoms. The lowest BCUT2D eigenvalue weighted by atomic mass is 10.0. The first-order valence-corrected chi connectivity index (χ1v) is 9.93. The Morgan fingerprint density at radius 2 is 1.83 bits per heavy atom. The standard InChI is InChI=1S/C22H25N5O2/c1-3-26-10-12-27(13-11-26)20-9-8-16(14-19(20)23-15(2)28)21-17-6-4-5-7-18(17)22(29)25-24-21/h4-9,14H,3,10-13H2,1-2H3,(H,23,28)(H,25,29). The van der Waals surface area contributed by atoms with Crippen molar-refractivity contribution in [2.45, 2.75) is 13.8 Å². The highest BCUT2D eigenvalue weighted by molar-refractivity contribution is 5.97. The fourth-order valence-corrected chi connectivity index (χ4v) is 3.89. The zero-order valence-corrected chi connectivity index (χ0v) is 16.7. The maximum atomic E-state index is 12.1. The van der Waals surface area contributed by atoms with E-state index in [0.29, 0.717) is 11.1 Å². The summed E-state index contributed by atoms with van der Waals surface area (Å²) in [5.74, 6) is -0.116. The van der Waals surface area contributed by atoms with Crippen LogP contribution in [-0.4, -0.2) is 53.7 Å². The molecule has 4 rings (SSSR count). The zero-order chi connectivity index (χ0) is 20.4. The van der Waals surface area contributed by atoms with Gasteiger partial charge >= 0.3 is 0 Å². The van der Waals surface area contributed by atoms with E-state index in [0.717, 1.165) is 55.0 Å². The van der Waals surface area contributed by atoms with Gasteiger partial charge in [-0.3, -0.25) is 9.59 Å². The Morgan fingerprint density at radius 1 is 1.10 bits per heavy atom. The minimum atomic E-state index is -0.211. The molecular formula is C22H25N5O2. The molecule has 2 N–H and O–H groups in total. The van der Waals surface area contributed by atoms with Crippen LogP contribution >= 0.6 is 0 Å². The smallest absolute Gasteiger partial charge is 0.272 e. The molecule has 0 aliphatic carbocycles. The Labute approximate surface area is 169 Å². The van der Waals surface area contributed by atoms with Crippen molar-refractivity contribution in [3.05, 3.63) is 52.8 Å². The molecule has 2 heterocycles. The number of carbonyl (C=O) groups excluding carboxylic acids is 1. The summed E-state index contributed by atoms with van der Waals surface area (Å²) < 4.78 is 0. The van der Waals surface area contributed by atoms with Crippen molar-refractivity contribution in [3.8, 4) is 11.3 Å². The molecule has 0 saturated carbocycles. The Balaban J connectivity index is 1.76. The molecule has 1 amide bonds. The van der Waals surface area contributed by atoms with Crippen molar-refractivity contribution in [3.63, 3.8) is 0 Å². The molecule has 1 aliphatic heterocycles. The van der Waals surface area contributed by atoms with Gasteiger partial charge in [-0.1, -0.05) is 31.2 Å². The zero-order valence-electron chi connectivity index (χ0n) is 16.7. The van der Waals surface area contributed by atoms with Gasteiger partial charge in [0.25, 0.3) is 5.56 Å². The van der Waals surface area contributed by atoms with Crippen LogP contribution in [0.5, 0.6) is 0 Å². The summed E-state index contributed by atoms with van der Waals surface area (Å²) in [7, 11) is 0. The third-order valence-electron chi connectivity index (χ3n) is 5.44. The van der Waals surface area contributed by atoms with E-state index in [4.69, 9.17) is 0 Å². The molecule has 150 valence electrons. The number of hydrogen-bond donors (Lipinski definition) is 2. The number of benzene rings is 2. The highest BCUT2D eigenvalue weighted by atomic mass is 16.1. The Kier molecular flexibility index (Phi) is 5.31. The molecule has 0 atom stereocenters. The number of anilines is 2. The topological polar surface area (TPSA) is 81.3 Å².